The summed E-state index contributed by atoms with van der Waals surface area (Å²) in [6, 6.07) is 9.41. The first kappa shape index (κ1) is 24.2. The van der Waals surface area contributed by atoms with Crippen LogP contribution < -0.4 is 20.9 Å². The summed E-state index contributed by atoms with van der Waals surface area (Å²) in [5.74, 6) is -1.07. The zero-order valence-electron chi connectivity index (χ0n) is 18.9. The smallest absolute Gasteiger partial charge is 0.257 e. The quantitative estimate of drug-likeness (QED) is 0.508. The molecule has 10 heteroatoms. The van der Waals surface area contributed by atoms with E-state index in [1.54, 1.807) is 44.2 Å². The predicted octanol–water partition coefficient (Wildman–Crippen LogP) is 3.34. The molecule has 1 unspecified atom stereocenters. The van der Waals surface area contributed by atoms with E-state index in [1.807, 2.05) is 0 Å². The lowest BCUT2D eigenvalue weighted by Gasteiger charge is -2.23. The van der Waals surface area contributed by atoms with Crippen molar-refractivity contribution in [2.45, 2.75) is 19.8 Å². The van der Waals surface area contributed by atoms with E-state index >= 15 is 0 Å². The van der Waals surface area contributed by atoms with Crippen molar-refractivity contribution in [1.82, 2.24) is 9.97 Å². The van der Waals surface area contributed by atoms with Gasteiger partial charge in [-0.25, -0.2) is 22.8 Å². The van der Waals surface area contributed by atoms with Crippen LogP contribution in [0.4, 0.5) is 15.9 Å². The number of sulfone groups is 1. The highest BCUT2D eigenvalue weighted by atomic mass is 32.2. The van der Waals surface area contributed by atoms with E-state index in [9.17, 15) is 12.8 Å². The van der Waals surface area contributed by atoms with E-state index in [0.29, 0.717) is 29.2 Å². The predicted molar refractivity (Wildman–Crippen MR) is 127 cm³/mol. The van der Waals surface area contributed by atoms with Gasteiger partial charge in [-0.2, -0.15) is 0 Å². The number of ether oxygens (including phenoxy) is 2. The number of nitrogen functional groups attached to an aromatic ring is 2. The molecular weight excluding hydrogens is 447 g/mol. The minimum Gasteiger partial charge on any atom is -0.491 e. The van der Waals surface area contributed by atoms with Gasteiger partial charge in [0.2, 0.25) is 0 Å². The molecule has 2 heterocycles. The molecule has 176 valence electrons. The Hall–Kier alpha value is -3.40. The number of aromatic nitrogens is 2. The lowest BCUT2D eigenvalue weighted by Crippen LogP contribution is -2.20. The summed E-state index contributed by atoms with van der Waals surface area (Å²) in [7, 11) is -2.04. The Bertz CT molecular complexity index is 1280. The average molecular weight is 475 g/mol. The molecule has 0 aliphatic carbocycles. The third-order valence-corrected chi connectivity index (χ3v) is 6.14. The molecule has 1 atom stereocenters. The largest absolute Gasteiger partial charge is 0.491 e. The van der Waals surface area contributed by atoms with Crippen LogP contribution in [0.2, 0.25) is 0 Å². The number of benzene rings is 1. The summed E-state index contributed by atoms with van der Waals surface area (Å²) in [6.45, 7) is 3.82. The summed E-state index contributed by atoms with van der Waals surface area (Å²) < 4.78 is 50.6. The maximum Gasteiger partial charge on any atom is 0.257 e. The van der Waals surface area contributed by atoms with Gasteiger partial charge in [0.05, 0.1) is 42.5 Å². The second-order valence-corrected chi connectivity index (χ2v) is 9.78. The Morgan fingerprint density at radius 2 is 1.82 bits per heavy atom. The molecule has 0 spiro atoms. The van der Waals surface area contributed by atoms with Crippen LogP contribution in [0.15, 0.2) is 36.4 Å². The van der Waals surface area contributed by atoms with Gasteiger partial charge in [-0.15, -0.1) is 0 Å². The van der Waals surface area contributed by atoms with Crippen molar-refractivity contribution in [3.63, 3.8) is 0 Å². The molecule has 3 rings (SSSR count). The zero-order chi connectivity index (χ0) is 24.3. The van der Waals surface area contributed by atoms with Gasteiger partial charge in [0.15, 0.2) is 5.75 Å². The third-order valence-electron chi connectivity index (χ3n) is 5.20. The molecule has 2 aromatic heterocycles. The highest BCUT2D eigenvalue weighted by Crippen LogP contribution is 2.40. The first-order valence-corrected chi connectivity index (χ1v) is 12.3. The van der Waals surface area contributed by atoms with Crippen molar-refractivity contribution in [3.05, 3.63) is 59.2 Å². The first-order chi connectivity index (χ1) is 15.6. The molecule has 0 bridgehead atoms. The van der Waals surface area contributed by atoms with Gasteiger partial charge in [-0.05, 0) is 37.6 Å². The van der Waals surface area contributed by atoms with E-state index in [-0.39, 0.29) is 34.4 Å². The van der Waals surface area contributed by atoms with Crippen LogP contribution in [-0.4, -0.2) is 44.1 Å². The van der Waals surface area contributed by atoms with Gasteiger partial charge in [0, 0.05) is 17.4 Å². The highest BCUT2D eigenvalue weighted by Gasteiger charge is 2.30. The van der Waals surface area contributed by atoms with Crippen LogP contribution in [0.5, 0.6) is 11.6 Å². The van der Waals surface area contributed by atoms with Crippen molar-refractivity contribution in [2.24, 2.45) is 0 Å². The SMILES string of the molecule is CCOc1nc(C(CS(C)(=O)=O)c2nc(N)c(N)c(C)c2-c2ccccc2F)ccc1OC. The molecular formula is C23H27FN4O4S. The first-order valence-electron chi connectivity index (χ1n) is 10.2. The topological polar surface area (TPSA) is 130 Å². The summed E-state index contributed by atoms with van der Waals surface area (Å²) in [4.78, 5) is 8.96. The molecule has 0 fully saturated rings. The van der Waals surface area contributed by atoms with E-state index < -0.39 is 21.6 Å². The number of methoxy groups -OCH3 is 1. The number of pyridine rings is 2. The third kappa shape index (κ3) is 5.16. The summed E-state index contributed by atoms with van der Waals surface area (Å²) >= 11 is 0. The Morgan fingerprint density at radius 3 is 2.42 bits per heavy atom. The van der Waals surface area contributed by atoms with Gasteiger partial charge in [0.25, 0.3) is 5.88 Å². The Labute approximate surface area is 192 Å². The van der Waals surface area contributed by atoms with E-state index in [2.05, 4.69) is 9.97 Å². The molecule has 4 N–H and O–H groups in total. The Balaban J connectivity index is 2.35. The Morgan fingerprint density at radius 1 is 1.12 bits per heavy atom. The molecule has 8 nitrogen and oxygen atoms in total. The summed E-state index contributed by atoms with van der Waals surface area (Å²) in [6.07, 6.45) is 1.11. The molecule has 0 aliphatic rings. The fourth-order valence-electron chi connectivity index (χ4n) is 3.66. The second-order valence-electron chi connectivity index (χ2n) is 7.60. The van der Waals surface area contributed by atoms with Gasteiger partial charge in [0.1, 0.15) is 21.5 Å². The van der Waals surface area contributed by atoms with Crippen LogP contribution in [-0.2, 0) is 9.84 Å². The van der Waals surface area contributed by atoms with Crippen LogP contribution in [0.25, 0.3) is 11.1 Å². The molecule has 0 radical (unpaired) electrons. The number of hydrogen-bond donors (Lipinski definition) is 2. The normalized spacial score (nSPS) is 12.4. The lowest BCUT2D eigenvalue weighted by atomic mass is 9.90. The van der Waals surface area contributed by atoms with Crippen LogP contribution in [0.3, 0.4) is 0 Å². The molecule has 1 aromatic carbocycles. The monoisotopic (exact) mass is 474 g/mol. The van der Waals surface area contributed by atoms with E-state index in [0.717, 1.165) is 6.26 Å². The number of nitrogens with zero attached hydrogens (tertiary/aromatic N) is 2. The molecule has 0 aliphatic heterocycles. The minimum atomic E-state index is -3.52. The van der Waals surface area contributed by atoms with Gasteiger partial charge < -0.3 is 20.9 Å². The average Bonchev–Trinajstić information content (AvgIpc) is 2.76. The highest BCUT2D eigenvalue weighted by molar-refractivity contribution is 7.90. The second kappa shape index (κ2) is 9.62. The van der Waals surface area contributed by atoms with Crippen LogP contribution in [0, 0.1) is 12.7 Å². The number of rotatable bonds is 8. The van der Waals surface area contributed by atoms with Crippen LogP contribution in [0.1, 0.15) is 29.8 Å². The lowest BCUT2D eigenvalue weighted by molar-refractivity contribution is 0.297. The van der Waals surface area contributed by atoms with Crippen molar-refractivity contribution in [2.75, 3.05) is 37.2 Å². The molecule has 0 saturated heterocycles. The van der Waals surface area contributed by atoms with Gasteiger partial charge in [-0.3, -0.25) is 0 Å². The molecule has 33 heavy (non-hydrogen) atoms. The minimum absolute atomic E-state index is 0.0274. The van der Waals surface area contributed by atoms with Crippen molar-refractivity contribution >= 4 is 21.3 Å². The zero-order valence-corrected chi connectivity index (χ0v) is 19.7. The number of nitrogens with two attached hydrogens (primary N) is 2. The fourth-order valence-corrected chi connectivity index (χ4v) is 4.59. The summed E-state index contributed by atoms with van der Waals surface area (Å²) in [5.41, 5.74) is 14.1. The molecule has 3 aromatic rings. The van der Waals surface area contributed by atoms with Crippen molar-refractivity contribution < 1.29 is 22.3 Å². The number of halogens is 1. The Kier molecular flexibility index (Phi) is 7.06. The molecule has 0 saturated carbocycles. The van der Waals surface area contributed by atoms with Crippen LogP contribution >= 0.6 is 0 Å². The fraction of sp³-hybridized carbons (Fsp3) is 0.304. The van der Waals surface area contributed by atoms with Crippen molar-refractivity contribution in [3.8, 4) is 22.8 Å². The molecule has 0 amide bonds. The van der Waals surface area contributed by atoms with E-state index in [1.165, 1.54) is 13.2 Å². The van der Waals surface area contributed by atoms with Gasteiger partial charge in [-0.1, -0.05) is 18.2 Å². The van der Waals surface area contributed by atoms with Gasteiger partial charge >= 0.3 is 0 Å². The summed E-state index contributed by atoms with van der Waals surface area (Å²) in [5, 5.41) is 0. The van der Waals surface area contributed by atoms with E-state index in [4.69, 9.17) is 20.9 Å². The number of anilines is 2. The standard InChI is InChI=1S/C23H27FN4O4S/c1-5-32-23-18(31-3)11-10-17(27-23)15(12-33(4,29)30)21-19(13(2)20(25)22(26)28-21)14-8-6-7-9-16(14)24/h6-11,15H,5,12,25H2,1-4H3,(H2,26,28). The maximum atomic E-state index is 14.9. The maximum absolute atomic E-state index is 14.9. The van der Waals surface area contributed by atoms with Crippen molar-refractivity contribution in [1.29, 1.82) is 0 Å². The number of hydrogen-bond acceptors (Lipinski definition) is 8.